The fourth-order valence-electron chi connectivity index (χ4n) is 1.62. The number of ether oxygens (including phenoxy) is 1. The topological polar surface area (TPSA) is 89.3 Å². The van der Waals surface area contributed by atoms with Gasteiger partial charge in [0.1, 0.15) is 0 Å². The molecule has 6 heteroatoms. The van der Waals surface area contributed by atoms with Gasteiger partial charge >= 0.3 is 0 Å². The maximum absolute atomic E-state index is 11.9. The smallest absolute Gasteiger partial charge is 0.255 e. The van der Waals surface area contributed by atoms with Gasteiger partial charge in [-0.15, -0.1) is 0 Å². The zero-order valence-corrected chi connectivity index (χ0v) is 8.77. The van der Waals surface area contributed by atoms with Gasteiger partial charge in [-0.1, -0.05) is 0 Å². The van der Waals surface area contributed by atoms with Gasteiger partial charge in [-0.05, 0) is 18.6 Å². The van der Waals surface area contributed by atoms with Crippen molar-refractivity contribution in [3.63, 3.8) is 0 Å². The summed E-state index contributed by atoms with van der Waals surface area (Å²) in [6.07, 6.45) is 2.42. The molecule has 0 aliphatic carbocycles. The number of hydrogen-bond donors (Lipinski definition) is 3. The van der Waals surface area contributed by atoms with Crippen LogP contribution >= 0.6 is 0 Å². The van der Waals surface area contributed by atoms with Crippen LogP contribution in [0.3, 0.4) is 0 Å². The van der Waals surface area contributed by atoms with E-state index < -0.39 is 0 Å². The maximum Gasteiger partial charge on any atom is 0.255 e. The average molecular weight is 222 g/mol. The van der Waals surface area contributed by atoms with Crippen molar-refractivity contribution in [1.82, 2.24) is 10.3 Å². The van der Waals surface area contributed by atoms with Gasteiger partial charge in [0.25, 0.3) is 5.91 Å². The van der Waals surface area contributed by atoms with Crippen LogP contribution in [-0.4, -0.2) is 30.1 Å². The Kier molecular flexibility index (Phi) is 3.33. The Morgan fingerprint density at radius 1 is 1.62 bits per heavy atom. The molecule has 0 bridgehead atoms. The Balaban J connectivity index is 2.07. The number of hydrogen-bond acceptors (Lipinski definition) is 5. The van der Waals surface area contributed by atoms with Crippen LogP contribution in [0.1, 0.15) is 16.8 Å². The highest BCUT2D eigenvalue weighted by atomic mass is 16.5. The van der Waals surface area contributed by atoms with E-state index in [1.807, 2.05) is 0 Å². The van der Waals surface area contributed by atoms with Crippen molar-refractivity contribution in [3.05, 3.63) is 23.9 Å². The number of hydrazine groups is 1. The molecule has 1 aliphatic heterocycles. The summed E-state index contributed by atoms with van der Waals surface area (Å²) >= 11 is 0. The van der Waals surface area contributed by atoms with E-state index in [1.54, 1.807) is 18.3 Å². The largest absolute Gasteiger partial charge is 0.379 e. The minimum atomic E-state index is -0.184. The molecule has 0 radical (unpaired) electrons. The molecular weight excluding hydrogens is 208 g/mol. The summed E-state index contributed by atoms with van der Waals surface area (Å²) < 4.78 is 5.18. The van der Waals surface area contributed by atoms with E-state index in [9.17, 15) is 4.79 Å². The lowest BCUT2D eigenvalue weighted by molar-refractivity contribution is 0.0930. The second kappa shape index (κ2) is 4.91. The minimum absolute atomic E-state index is 0.0818. The van der Waals surface area contributed by atoms with E-state index in [-0.39, 0.29) is 11.9 Å². The Morgan fingerprint density at radius 3 is 3.19 bits per heavy atom. The molecule has 1 aromatic heterocycles. The molecule has 0 spiro atoms. The fraction of sp³-hybridized carbons (Fsp3) is 0.400. The molecule has 1 amide bonds. The molecule has 1 saturated heterocycles. The lowest BCUT2D eigenvalue weighted by Gasteiger charge is -2.12. The average Bonchev–Trinajstić information content (AvgIpc) is 2.81. The first-order valence-corrected chi connectivity index (χ1v) is 5.11. The molecule has 1 unspecified atom stereocenters. The molecule has 2 rings (SSSR count). The number of nitrogens with one attached hydrogen (secondary N) is 2. The van der Waals surface area contributed by atoms with Crippen LogP contribution in [0.5, 0.6) is 0 Å². The van der Waals surface area contributed by atoms with Crippen molar-refractivity contribution in [1.29, 1.82) is 0 Å². The number of nitrogens with zero attached hydrogens (tertiary/aromatic N) is 1. The van der Waals surface area contributed by atoms with Crippen molar-refractivity contribution in [2.75, 3.05) is 18.6 Å². The molecular formula is C10H14N4O2. The first-order valence-electron chi connectivity index (χ1n) is 5.11. The van der Waals surface area contributed by atoms with Crippen LogP contribution in [-0.2, 0) is 4.74 Å². The third-order valence-corrected chi connectivity index (χ3v) is 2.45. The van der Waals surface area contributed by atoms with Crippen LogP contribution in [0.4, 0.5) is 5.82 Å². The highest BCUT2D eigenvalue weighted by molar-refractivity contribution is 5.98. The summed E-state index contributed by atoms with van der Waals surface area (Å²) in [5.41, 5.74) is 2.84. The number of pyridine rings is 1. The Bertz CT molecular complexity index is 377. The number of amides is 1. The molecule has 1 fully saturated rings. The number of nitrogens with two attached hydrogens (primary N) is 1. The fourth-order valence-corrected chi connectivity index (χ4v) is 1.62. The van der Waals surface area contributed by atoms with Gasteiger partial charge in [0.15, 0.2) is 5.82 Å². The maximum atomic E-state index is 11.9. The SMILES string of the molecule is NNc1ncccc1C(=O)NC1CCOC1. The number of anilines is 1. The highest BCUT2D eigenvalue weighted by Crippen LogP contribution is 2.11. The van der Waals surface area contributed by atoms with E-state index in [2.05, 4.69) is 15.7 Å². The Labute approximate surface area is 93.2 Å². The predicted molar refractivity (Wildman–Crippen MR) is 58.7 cm³/mol. The summed E-state index contributed by atoms with van der Waals surface area (Å²) in [5.74, 6) is 5.47. The number of nitrogen functional groups attached to an aromatic ring is 1. The van der Waals surface area contributed by atoms with E-state index in [4.69, 9.17) is 10.6 Å². The van der Waals surface area contributed by atoms with Gasteiger partial charge in [0.2, 0.25) is 0 Å². The first kappa shape index (κ1) is 10.8. The Morgan fingerprint density at radius 2 is 2.50 bits per heavy atom. The molecule has 1 atom stereocenters. The van der Waals surface area contributed by atoms with Gasteiger partial charge in [-0.3, -0.25) is 4.79 Å². The second-order valence-corrected chi connectivity index (χ2v) is 3.58. The lowest BCUT2D eigenvalue weighted by atomic mass is 10.2. The van der Waals surface area contributed by atoms with Crippen molar-refractivity contribution >= 4 is 11.7 Å². The van der Waals surface area contributed by atoms with Crippen molar-refractivity contribution in [2.45, 2.75) is 12.5 Å². The number of aromatic nitrogens is 1. The molecule has 0 saturated carbocycles. The van der Waals surface area contributed by atoms with Gasteiger partial charge in [-0.2, -0.15) is 0 Å². The van der Waals surface area contributed by atoms with Crippen LogP contribution < -0.4 is 16.6 Å². The predicted octanol–water partition coefficient (Wildman–Crippen LogP) is -0.114. The van der Waals surface area contributed by atoms with Crippen molar-refractivity contribution in [3.8, 4) is 0 Å². The second-order valence-electron chi connectivity index (χ2n) is 3.58. The van der Waals surface area contributed by atoms with Crippen LogP contribution in [0, 0.1) is 0 Å². The zero-order valence-electron chi connectivity index (χ0n) is 8.77. The van der Waals surface area contributed by atoms with E-state index in [1.165, 1.54) is 0 Å². The van der Waals surface area contributed by atoms with Crippen LogP contribution in [0.2, 0.25) is 0 Å². The standard InChI is InChI=1S/C10H14N4O2/c11-14-9-8(2-1-4-12-9)10(15)13-7-3-5-16-6-7/h1-2,4,7H,3,5-6,11H2,(H,12,14)(H,13,15). The van der Waals surface area contributed by atoms with Gasteiger partial charge < -0.3 is 15.5 Å². The number of rotatable bonds is 3. The number of carbonyl (C=O) groups excluding carboxylic acids is 1. The molecule has 6 nitrogen and oxygen atoms in total. The molecule has 1 aliphatic rings. The van der Waals surface area contributed by atoms with E-state index >= 15 is 0 Å². The summed E-state index contributed by atoms with van der Waals surface area (Å²) in [6, 6.07) is 3.45. The van der Waals surface area contributed by atoms with Gasteiger partial charge in [-0.25, -0.2) is 10.8 Å². The molecule has 86 valence electrons. The number of carbonyl (C=O) groups is 1. The van der Waals surface area contributed by atoms with Crippen LogP contribution in [0.25, 0.3) is 0 Å². The molecule has 0 aromatic carbocycles. The molecule has 16 heavy (non-hydrogen) atoms. The molecule has 4 N–H and O–H groups in total. The summed E-state index contributed by atoms with van der Waals surface area (Å²) in [4.78, 5) is 15.8. The summed E-state index contributed by atoms with van der Waals surface area (Å²) in [6.45, 7) is 1.26. The highest BCUT2D eigenvalue weighted by Gasteiger charge is 2.20. The third-order valence-electron chi connectivity index (χ3n) is 2.45. The zero-order chi connectivity index (χ0) is 11.4. The Hall–Kier alpha value is -1.66. The van der Waals surface area contributed by atoms with Gasteiger partial charge in [0.05, 0.1) is 18.2 Å². The first-order chi connectivity index (χ1) is 7.81. The third kappa shape index (κ3) is 2.29. The lowest BCUT2D eigenvalue weighted by Crippen LogP contribution is -2.35. The monoisotopic (exact) mass is 222 g/mol. The summed E-state index contributed by atoms with van der Waals surface area (Å²) in [5, 5.41) is 2.87. The van der Waals surface area contributed by atoms with Crippen molar-refractivity contribution < 1.29 is 9.53 Å². The van der Waals surface area contributed by atoms with Crippen LogP contribution in [0.15, 0.2) is 18.3 Å². The minimum Gasteiger partial charge on any atom is -0.379 e. The quantitative estimate of drug-likeness (QED) is 0.490. The summed E-state index contributed by atoms with van der Waals surface area (Å²) in [7, 11) is 0. The molecule has 1 aromatic rings. The molecule has 2 heterocycles. The van der Waals surface area contributed by atoms with E-state index in [0.29, 0.717) is 24.6 Å². The van der Waals surface area contributed by atoms with Crippen molar-refractivity contribution in [2.24, 2.45) is 5.84 Å². The van der Waals surface area contributed by atoms with Gasteiger partial charge in [0, 0.05) is 12.8 Å². The normalized spacial score (nSPS) is 19.4. The van der Waals surface area contributed by atoms with E-state index in [0.717, 1.165) is 6.42 Å².